The topological polar surface area (TPSA) is 51.0 Å². The van der Waals surface area contributed by atoms with Crippen molar-refractivity contribution < 1.29 is 8.91 Å². The Labute approximate surface area is 111 Å². The van der Waals surface area contributed by atoms with Crippen molar-refractivity contribution in [3.63, 3.8) is 0 Å². The summed E-state index contributed by atoms with van der Waals surface area (Å²) < 4.78 is 18.0. The van der Waals surface area contributed by atoms with Gasteiger partial charge in [-0.1, -0.05) is 11.1 Å². The van der Waals surface area contributed by atoms with Crippen molar-refractivity contribution >= 4 is 0 Å². The summed E-state index contributed by atoms with van der Waals surface area (Å²) in [5.41, 5.74) is 0.719. The zero-order valence-corrected chi connectivity index (χ0v) is 10.8. The van der Waals surface area contributed by atoms with Crippen LogP contribution in [0.15, 0.2) is 28.8 Å². The first-order valence-electron chi connectivity index (χ1n) is 5.93. The Kier molecular flexibility index (Phi) is 4.26. The molecule has 0 aliphatic heterocycles. The minimum Gasteiger partial charge on any atom is -0.337 e. The number of hydrogen-bond acceptors (Lipinski definition) is 4. The fraction of sp³-hybridized carbons (Fsp3) is 0.286. The lowest BCUT2D eigenvalue weighted by atomic mass is 10.2. The molecule has 1 heterocycles. The van der Waals surface area contributed by atoms with E-state index in [1.165, 1.54) is 12.1 Å². The molecule has 0 fully saturated rings. The van der Waals surface area contributed by atoms with Gasteiger partial charge in [0.15, 0.2) is 0 Å². The first kappa shape index (κ1) is 13.2. The molecule has 1 atom stereocenters. The highest BCUT2D eigenvalue weighted by Crippen LogP contribution is 2.18. The second-order valence-corrected chi connectivity index (χ2v) is 3.99. The molecule has 0 saturated heterocycles. The van der Waals surface area contributed by atoms with Gasteiger partial charge in [-0.25, -0.2) is 4.39 Å². The van der Waals surface area contributed by atoms with Gasteiger partial charge in [0.1, 0.15) is 5.82 Å². The van der Waals surface area contributed by atoms with Gasteiger partial charge in [-0.2, -0.15) is 4.98 Å². The first-order valence-corrected chi connectivity index (χ1v) is 5.93. The van der Waals surface area contributed by atoms with Gasteiger partial charge in [0, 0.05) is 5.56 Å². The zero-order chi connectivity index (χ0) is 13.7. The molecule has 0 radical (unpaired) electrons. The first-order chi connectivity index (χ1) is 9.20. The van der Waals surface area contributed by atoms with E-state index in [-0.39, 0.29) is 11.9 Å². The standard InChI is InChI=1S/C14H14FN3O/c1-3-4-9-16-10(2)14-17-13(18-19-14)11-5-7-12(15)8-6-11/h5-8,10,16H,9H2,1-2H3. The third-order valence-electron chi connectivity index (χ3n) is 2.59. The molecule has 19 heavy (non-hydrogen) atoms. The van der Waals surface area contributed by atoms with Crippen LogP contribution >= 0.6 is 0 Å². The van der Waals surface area contributed by atoms with Crippen molar-refractivity contribution in [2.75, 3.05) is 6.54 Å². The molecule has 0 aliphatic carbocycles. The molecule has 0 spiro atoms. The lowest BCUT2D eigenvalue weighted by Gasteiger charge is -2.04. The molecular weight excluding hydrogens is 245 g/mol. The summed E-state index contributed by atoms with van der Waals surface area (Å²) in [7, 11) is 0. The van der Waals surface area contributed by atoms with Crippen molar-refractivity contribution in [3.8, 4) is 23.2 Å². The average Bonchev–Trinajstić information content (AvgIpc) is 2.89. The van der Waals surface area contributed by atoms with Crippen molar-refractivity contribution in [3.05, 3.63) is 36.0 Å². The number of benzene rings is 1. The van der Waals surface area contributed by atoms with Crippen LogP contribution in [-0.2, 0) is 0 Å². The summed E-state index contributed by atoms with van der Waals surface area (Å²) in [5, 5.41) is 7.02. The number of nitrogens with zero attached hydrogens (tertiary/aromatic N) is 2. The molecule has 5 heteroatoms. The van der Waals surface area contributed by atoms with Crippen LogP contribution < -0.4 is 5.32 Å². The number of aromatic nitrogens is 2. The summed E-state index contributed by atoms with van der Waals surface area (Å²) in [5.74, 6) is 6.34. The van der Waals surface area contributed by atoms with E-state index in [0.717, 1.165) is 5.56 Å². The van der Waals surface area contributed by atoms with E-state index in [4.69, 9.17) is 4.52 Å². The number of halogens is 1. The smallest absolute Gasteiger partial charge is 0.243 e. The molecular formula is C14H14FN3O. The minimum atomic E-state index is -0.291. The molecule has 2 aromatic rings. The largest absolute Gasteiger partial charge is 0.337 e. The van der Waals surface area contributed by atoms with Crippen LogP contribution in [0.4, 0.5) is 4.39 Å². The number of nitrogens with one attached hydrogen (secondary N) is 1. The summed E-state index contributed by atoms with van der Waals surface area (Å²) in [6.45, 7) is 4.26. The van der Waals surface area contributed by atoms with Crippen molar-refractivity contribution in [2.24, 2.45) is 0 Å². The van der Waals surface area contributed by atoms with Crippen molar-refractivity contribution in [1.82, 2.24) is 15.5 Å². The lowest BCUT2D eigenvalue weighted by molar-refractivity contribution is 0.344. The third kappa shape index (κ3) is 3.39. The molecule has 1 aromatic carbocycles. The van der Waals surface area contributed by atoms with Crippen LogP contribution in [0.5, 0.6) is 0 Å². The summed E-state index contributed by atoms with van der Waals surface area (Å²) in [4.78, 5) is 4.28. The van der Waals surface area contributed by atoms with Crippen molar-refractivity contribution in [1.29, 1.82) is 0 Å². The Morgan fingerprint density at radius 3 is 2.79 bits per heavy atom. The van der Waals surface area contributed by atoms with E-state index in [1.807, 2.05) is 6.92 Å². The molecule has 0 saturated carbocycles. The molecule has 1 unspecified atom stereocenters. The van der Waals surface area contributed by atoms with E-state index in [0.29, 0.717) is 18.3 Å². The highest BCUT2D eigenvalue weighted by molar-refractivity contribution is 5.53. The minimum absolute atomic E-state index is 0.0810. The Balaban J connectivity index is 2.09. The van der Waals surface area contributed by atoms with Crippen LogP contribution in [0.1, 0.15) is 25.8 Å². The number of hydrogen-bond donors (Lipinski definition) is 1. The molecule has 98 valence electrons. The summed E-state index contributed by atoms with van der Waals surface area (Å²) in [6.07, 6.45) is 0. The summed E-state index contributed by atoms with van der Waals surface area (Å²) >= 11 is 0. The van der Waals surface area contributed by atoms with Crippen LogP contribution in [0, 0.1) is 17.7 Å². The van der Waals surface area contributed by atoms with Crippen LogP contribution in [0.2, 0.25) is 0 Å². The van der Waals surface area contributed by atoms with E-state index in [2.05, 4.69) is 27.3 Å². The second kappa shape index (κ2) is 6.12. The maximum atomic E-state index is 12.8. The van der Waals surface area contributed by atoms with E-state index in [9.17, 15) is 4.39 Å². The predicted octanol–water partition coefficient (Wildman–Crippen LogP) is 2.55. The van der Waals surface area contributed by atoms with E-state index in [1.54, 1.807) is 19.1 Å². The van der Waals surface area contributed by atoms with Gasteiger partial charge in [-0.15, -0.1) is 5.92 Å². The van der Waals surface area contributed by atoms with Gasteiger partial charge in [0.25, 0.3) is 0 Å². The highest BCUT2D eigenvalue weighted by atomic mass is 19.1. The van der Waals surface area contributed by atoms with Gasteiger partial charge in [0.2, 0.25) is 11.7 Å². The fourth-order valence-corrected chi connectivity index (χ4v) is 1.51. The quantitative estimate of drug-likeness (QED) is 0.857. The lowest BCUT2D eigenvalue weighted by Crippen LogP contribution is -2.19. The average molecular weight is 259 g/mol. The Morgan fingerprint density at radius 2 is 2.11 bits per heavy atom. The van der Waals surface area contributed by atoms with Gasteiger partial charge >= 0.3 is 0 Å². The van der Waals surface area contributed by atoms with Crippen LogP contribution in [0.3, 0.4) is 0 Å². The van der Waals surface area contributed by atoms with Gasteiger partial charge in [-0.05, 0) is 38.1 Å². The molecule has 4 nitrogen and oxygen atoms in total. The zero-order valence-electron chi connectivity index (χ0n) is 10.8. The Morgan fingerprint density at radius 1 is 1.37 bits per heavy atom. The van der Waals surface area contributed by atoms with Gasteiger partial charge < -0.3 is 4.52 Å². The maximum absolute atomic E-state index is 12.8. The summed E-state index contributed by atoms with van der Waals surface area (Å²) in [6, 6.07) is 5.88. The van der Waals surface area contributed by atoms with Crippen LogP contribution in [0.25, 0.3) is 11.4 Å². The molecule has 2 rings (SSSR count). The van der Waals surface area contributed by atoms with Gasteiger partial charge in [-0.3, -0.25) is 5.32 Å². The normalized spacial score (nSPS) is 11.7. The van der Waals surface area contributed by atoms with Gasteiger partial charge in [0.05, 0.1) is 12.6 Å². The molecule has 0 aliphatic rings. The molecule has 0 bridgehead atoms. The second-order valence-electron chi connectivity index (χ2n) is 3.99. The van der Waals surface area contributed by atoms with Crippen LogP contribution in [-0.4, -0.2) is 16.7 Å². The van der Waals surface area contributed by atoms with Crippen molar-refractivity contribution in [2.45, 2.75) is 19.9 Å². The fourth-order valence-electron chi connectivity index (χ4n) is 1.51. The Hall–Kier alpha value is -2.19. The van der Waals surface area contributed by atoms with E-state index >= 15 is 0 Å². The van der Waals surface area contributed by atoms with E-state index < -0.39 is 0 Å². The molecule has 0 amide bonds. The highest BCUT2D eigenvalue weighted by Gasteiger charge is 2.14. The predicted molar refractivity (Wildman–Crippen MR) is 69.6 cm³/mol. The number of rotatable bonds is 4. The molecule has 1 aromatic heterocycles. The molecule has 1 N–H and O–H groups in total. The monoisotopic (exact) mass is 259 g/mol. The maximum Gasteiger partial charge on any atom is 0.243 e. The SMILES string of the molecule is CC#CCNC(C)c1nc(-c2ccc(F)cc2)no1. The third-order valence-corrected chi connectivity index (χ3v) is 2.59. The Bertz CT molecular complexity index is 595.